The van der Waals surface area contributed by atoms with E-state index in [1.165, 1.54) is 6.07 Å². The first-order valence-electron chi connectivity index (χ1n) is 3.42. The average molecular weight is 161 g/mol. The molecule has 0 atom stereocenters. The van der Waals surface area contributed by atoms with Crippen LogP contribution in [0.25, 0.3) is 0 Å². The molecule has 0 aliphatic rings. The molecule has 0 saturated heterocycles. The maximum Gasteiger partial charge on any atom is 0.284 e. The number of nitro groups is 1. The van der Waals surface area contributed by atoms with Crippen LogP contribution in [0, 0.1) is 22.0 Å². The fourth-order valence-corrected chi connectivity index (χ4v) is 0.873. The molecule has 0 unspecified atom stereocenters. The van der Waals surface area contributed by atoms with Gasteiger partial charge in [0.2, 0.25) is 0 Å². The lowest BCUT2D eigenvalue weighted by molar-refractivity contribution is -0.385. The van der Waals surface area contributed by atoms with Crippen molar-refractivity contribution in [2.24, 2.45) is 0 Å². The van der Waals surface area contributed by atoms with Crippen molar-refractivity contribution in [3.63, 3.8) is 0 Å². The number of benzene rings is 1. The Hall–Kier alpha value is -1.82. The van der Waals surface area contributed by atoms with Crippen molar-refractivity contribution in [3.8, 4) is 11.8 Å². The van der Waals surface area contributed by atoms with Gasteiger partial charge in [-0.3, -0.25) is 10.1 Å². The quantitative estimate of drug-likeness (QED) is 0.359. The first-order chi connectivity index (χ1) is 5.75. The lowest BCUT2D eigenvalue weighted by atomic mass is 10.2. The highest BCUT2D eigenvalue weighted by molar-refractivity contribution is 5.50. The highest BCUT2D eigenvalue weighted by atomic mass is 16.6. The van der Waals surface area contributed by atoms with Crippen LogP contribution in [0.15, 0.2) is 24.3 Å². The predicted octanol–water partition coefficient (Wildman–Crippen LogP) is 1.97. The van der Waals surface area contributed by atoms with Crippen molar-refractivity contribution in [1.82, 2.24) is 0 Å². The second kappa shape index (κ2) is 3.54. The molecule has 0 heterocycles. The first-order valence-corrected chi connectivity index (χ1v) is 3.42. The third-order valence-corrected chi connectivity index (χ3v) is 1.36. The topological polar surface area (TPSA) is 43.1 Å². The number of nitrogens with zero attached hydrogens (tertiary/aromatic N) is 1. The van der Waals surface area contributed by atoms with Gasteiger partial charge < -0.3 is 0 Å². The molecular weight excluding hydrogens is 154 g/mol. The van der Waals surface area contributed by atoms with Gasteiger partial charge in [0.1, 0.15) is 5.56 Å². The first kappa shape index (κ1) is 8.28. The average Bonchev–Trinajstić information content (AvgIpc) is 2.05. The summed E-state index contributed by atoms with van der Waals surface area (Å²) in [7, 11) is 0. The maximum absolute atomic E-state index is 10.4. The van der Waals surface area contributed by atoms with Gasteiger partial charge in [-0.25, -0.2) is 0 Å². The van der Waals surface area contributed by atoms with Crippen molar-refractivity contribution < 1.29 is 4.92 Å². The molecule has 1 aromatic rings. The molecule has 0 saturated carbocycles. The van der Waals surface area contributed by atoms with Crippen molar-refractivity contribution in [1.29, 1.82) is 0 Å². The zero-order valence-corrected chi connectivity index (χ0v) is 6.57. The van der Waals surface area contributed by atoms with E-state index in [1.54, 1.807) is 25.1 Å². The number of hydrogen-bond donors (Lipinski definition) is 0. The molecule has 0 bridgehead atoms. The van der Waals surface area contributed by atoms with Gasteiger partial charge in [0.25, 0.3) is 5.69 Å². The zero-order chi connectivity index (χ0) is 8.97. The molecule has 0 aliphatic heterocycles. The largest absolute Gasteiger partial charge is 0.284 e. The van der Waals surface area contributed by atoms with Crippen LogP contribution in [0.1, 0.15) is 12.5 Å². The van der Waals surface area contributed by atoms with Crippen LogP contribution in [-0.2, 0) is 0 Å². The predicted molar refractivity (Wildman–Crippen MR) is 45.6 cm³/mol. The molecule has 0 fully saturated rings. The number of para-hydroxylation sites is 1. The summed E-state index contributed by atoms with van der Waals surface area (Å²) in [4.78, 5) is 10.0. The van der Waals surface area contributed by atoms with Gasteiger partial charge in [0.05, 0.1) is 4.92 Å². The zero-order valence-electron chi connectivity index (χ0n) is 6.57. The Kier molecular flexibility index (Phi) is 2.44. The highest BCUT2D eigenvalue weighted by Crippen LogP contribution is 2.15. The lowest BCUT2D eigenvalue weighted by Gasteiger charge is -1.92. The SMILES string of the molecule is CC#Cc1ccccc1[N+](=O)[O-]. The van der Waals surface area contributed by atoms with E-state index in [2.05, 4.69) is 11.8 Å². The summed E-state index contributed by atoms with van der Waals surface area (Å²) in [5, 5.41) is 10.4. The molecule has 1 rings (SSSR count). The number of rotatable bonds is 1. The summed E-state index contributed by atoms with van der Waals surface area (Å²) in [5.41, 5.74) is 0.525. The molecule has 0 aliphatic carbocycles. The van der Waals surface area contributed by atoms with E-state index in [0.717, 1.165) is 0 Å². The summed E-state index contributed by atoms with van der Waals surface area (Å²) >= 11 is 0. The third-order valence-electron chi connectivity index (χ3n) is 1.36. The fourth-order valence-electron chi connectivity index (χ4n) is 0.873. The molecule has 0 amide bonds. The van der Waals surface area contributed by atoms with Crippen LogP contribution in [0.5, 0.6) is 0 Å². The van der Waals surface area contributed by atoms with Gasteiger partial charge in [-0.05, 0) is 13.0 Å². The van der Waals surface area contributed by atoms with E-state index < -0.39 is 4.92 Å². The summed E-state index contributed by atoms with van der Waals surface area (Å²) < 4.78 is 0. The Morgan fingerprint density at radius 2 is 2.08 bits per heavy atom. The molecule has 60 valence electrons. The maximum atomic E-state index is 10.4. The van der Waals surface area contributed by atoms with Crippen LogP contribution >= 0.6 is 0 Å². The van der Waals surface area contributed by atoms with Crippen LogP contribution in [0.2, 0.25) is 0 Å². The Morgan fingerprint density at radius 1 is 1.42 bits per heavy atom. The normalized spacial score (nSPS) is 8.42. The summed E-state index contributed by atoms with van der Waals surface area (Å²) in [6.45, 7) is 1.65. The number of hydrogen-bond acceptors (Lipinski definition) is 2. The monoisotopic (exact) mass is 161 g/mol. The molecule has 3 heteroatoms. The van der Waals surface area contributed by atoms with Crippen molar-refractivity contribution in [2.45, 2.75) is 6.92 Å². The minimum Gasteiger partial charge on any atom is -0.258 e. The Labute approximate surface area is 70.2 Å². The van der Waals surface area contributed by atoms with Gasteiger partial charge in [0.15, 0.2) is 0 Å². The van der Waals surface area contributed by atoms with Crippen LogP contribution < -0.4 is 0 Å². The standard InChI is InChI=1S/C9H7NO2/c1-2-5-8-6-3-4-7-9(8)10(11)12/h3-4,6-7H,1H3. The van der Waals surface area contributed by atoms with Crippen LogP contribution in [0.3, 0.4) is 0 Å². The van der Waals surface area contributed by atoms with E-state index in [-0.39, 0.29) is 5.69 Å². The molecule has 0 radical (unpaired) electrons. The summed E-state index contributed by atoms with van der Waals surface area (Å²) in [5.74, 6) is 5.29. The smallest absolute Gasteiger partial charge is 0.258 e. The molecule has 0 spiro atoms. The highest BCUT2D eigenvalue weighted by Gasteiger charge is 2.08. The third kappa shape index (κ3) is 1.61. The second-order valence-corrected chi connectivity index (χ2v) is 2.15. The van der Waals surface area contributed by atoms with Gasteiger partial charge in [0, 0.05) is 6.07 Å². The van der Waals surface area contributed by atoms with E-state index in [4.69, 9.17) is 0 Å². The Morgan fingerprint density at radius 3 is 2.67 bits per heavy atom. The second-order valence-electron chi connectivity index (χ2n) is 2.15. The molecular formula is C9H7NO2. The van der Waals surface area contributed by atoms with Gasteiger partial charge >= 0.3 is 0 Å². The molecule has 0 aromatic heterocycles. The Bertz CT molecular complexity index is 360. The van der Waals surface area contributed by atoms with Gasteiger partial charge in [-0.1, -0.05) is 18.1 Å². The summed E-state index contributed by atoms with van der Waals surface area (Å²) in [6.07, 6.45) is 0. The minimum atomic E-state index is -0.431. The van der Waals surface area contributed by atoms with Crippen LogP contribution in [0.4, 0.5) is 5.69 Å². The molecule has 3 nitrogen and oxygen atoms in total. The van der Waals surface area contributed by atoms with Crippen molar-refractivity contribution >= 4 is 5.69 Å². The van der Waals surface area contributed by atoms with E-state index >= 15 is 0 Å². The minimum absolute atomic E-state index is 0.0619. The summed E-state index contributed by atoms with van der Waals surface area (Å²) in [6, 6.07) is 6.43. The van der Waals surface area contributed by atoms with Gasteiger partial charge in [-0.15, -0.1) is 5.92 Å². The van der Waals surface area contributed by atoms with E-state index in [9.17, 15) is 10.1 Å². The Balaban J connectivity index is 3.23. The van der Waals surface area contributed by atoms with Crippen LogP contribution in [-0.4, -0.2) is 4.92 Å². The van der Waals surface area contributed by atoms with E-state index in [0.29, 0.717) is 5.56 Å². The van der Waals surface area contributed by atoms with Gasteiger partial charge in [-0.2, -0.15) is 0 Å². The lowest BCUT2D eigenvalue weighted by Crippen LogP contribution is -1.90. The number of nitro benzene ring substituents is 1. The fraction of sp³-hybridized carbons (Fsp3) is 0.111. The molecule has 1 aromatic carbocycles. The molecule has 0 N–H and O–H groups in total. The van der Waals surface area contributed by atoms with E-state index in [1.807, 2.05) is 0 Å². The van der Waals surface area contributed by atoms with Crippen molar-refractivity contribution in [2.75, 3.05) is 0 Å². The molecule has 12 heavy (non-hydrogen) atoms. The van der Waals surface area contributed by atoms with Crippen molar-refractivity contribution in [3.05, 3.63) is 39.9 Å².